The number of halogens is 3. The molecule has 1 saturated heterocycles. The lowest BCUT2D eigenvalue weighted by Crippen LogP contribution is -2.34. The van der Waals surface area contributed by atoms with Gasteiger partial charge in [0.25, 0.3) is 0 Å². The average molecular weight is 572 g/mol. The largest absolute Gasteiger partial charge is 0.506 e. The number of esters is 1. The van der Waals surface area contributed by atoms with E-state index in [4.69, 9.17) is 9.47 Å². The third-order valence-electron chi connectivity index (χ3n) is 6.22. The molecule has 3 N–H and O–H groups in total. The minimum absolute atomic E-state index is 0. The number of rotatable bonds is 8. The number of hydrogen-bond donors (Lipinski definition) is 3. The van der Waals surface area contributed by atoms with Crippen LogP contribution in [0.15, 0.2) is 34.8 Å². The van der Waals surface area contributed by atoms with E-state index < -0.39 is 5.97 Å². The molecule has 0 unspecified atom stereocenters. The summed E-state index contributed by atoms with van der Waals surface area (Å²) in [4.78, 5) is 18.5. The Labute approximate surface area is 217 Å². The second kappa shape index (κ2) is 12.1. The highest BCUT2D eigenvalue weighted by Crippen LogP contribution is 2.39. The number of nitrogens with zero attached hydrogens (tertiary/aromatic N) is 1. The highest BCUT2D eigenvalue weighted by Gasteiger charge is 2.27. The Bertz CT molecular complexity index is 1160. The van der Waals surface area contributed by atoms with Crippen molar-refractivity contribution < 1.29 is 28.9 Å². The number of H-pyrrole nitrogens is 1. The molecule has 2 aromatic carbocycles. The molecule has 0 aliphatic carbocycles. The SMILES string of the molecule is CCOC(=O)c1c(COc2ccc(F)cc2)[nH]c2cc(Br)c(O)c(CN3CCC(CO)CC3)c12.Cl. The number of hydrogen-bond acceptors (Lipinski definition) is 6. The molecule has 1 aromatic heterocycles. The smallest absolute Gasteiger partial charge is 0.340 e. The van der Waals surface area contributed by atoms with E-state index in [0.29, 0.717) is 50.4 Å². The number of aromatic nitrogens is 1. The van der Waals surface area contributed by atoms with Gasteiger partial charge in [0, 0.05) is 29.6 Å². The summed E-state index contributed by atoms with van der Waals surface area (Å²) in [6.07, 6.45) is 1.76. The fourth-order valence-corrected chi connectivity index (χ4v) is 4.85. The molecular weight excluding hydrogens is 543 g/mol. The summed E-state index contributed by atoms with van der Waals surface area (Å²) < 4.78 is 24.9. The number of aliphatic hydroxyl groups excluding tert-OH is 1. The molecule has 0 atom stereocenters. The van der Waals surface area contributed by atoms with Crippen molar-refractivity contribution in [2.75, 3.05) is 26.3 Å². The first kappa shape index (κ1) is 27.3. The lowest BCUT2D eigenvalue weighted by atomic mass is 9.96. The highest BCUT2D eigenvalue weighted by molar-refractivity contribution is 9.10. The predicted molar refractivity (Wildman–Crippen MR) is 137 cm³/mol. The van der Waals surface area contributed by atoms with Gasteiger partial charge in [-0.1, -0.05) is 0 Å². The van der Waals surface area contributed by atoms with Gasteiger partial charge in [0.2, 0.25) is 0 Å². The van der Waals surface area contributed by atoms with E-state index in [1.165, 1.54) is 24.3 Å². The third-order valence-corrected chi connectivity index (χ3v) is 6.82. The van der Waals surface area contributed by atoms with Gasteiger partial charge < -0.3 is 24.7 Å². The molecule has 3 aromatic rings. The van der Waals surface area contributed by atoms with Crippen LogP contribution < -0.4 is 4.74 Å². The topological polar surface area (TPSA) is 95.0 Å². The van der Waals surface area contributed by atoms with Crippen LogP contribution in [0, 0.1) is 11.7 Å². The van der Waals surface area contributed by atoms with Gasteiger partial charge in [-0.2, -0.15) is 0 Å². The van der Waals surface area contributed by atoms with Crippen molar-refractivity contribution in [2.45, 2.75) is 32.9 Å². The number of carbonyl (C=O) groups is 1. The summed E-state index contributed by atoms with van der Waals surface area (Å²) in [6.45, 7) is 4.19. The number of benzene rings is 2. The Morgan fingerprint density at radius 1 is 1.26 bits per heavy atom. The van der Waals surface area contributed by atoms with Crippen molar-refractivity contribution in [1.29, 1.82) is 0 Å². The fraction of sp³-hybridized carbons (Fsp3) is 0.400. The van der Waals surface area contributed by atoms with Gasteiger partial charge in [0.15, 0.2) is 0 Å². The van der Waals surface area contributed by atoms with Crippen molar-refractivity contribution in [2.24, 2.45) is 5.92 Å². The summed E-state index contributed by atoms with van der Waals surface area (Å²) in [5.41, 5.74) is 2.13. The molecule has 1 aliphatic rings. The zero-order valence-corrected chi connectivity index (χ0v) is 21.8. The molecular formula is C25H29BrClFN2O5. The Morgan fingerprint density at radius 2 is 1.94 bits per heavy atom. The first-order valence-corrected chi connectivity index (χ1v) is 12.1. The van der Waals surface area contributed by atoms with Crippen LogP contribution in [0.1, 0.15) is 41.4 Å². The van der Waals surface area contributed by atoms with E-state index in [0.717, 1.165) is 25.9 Å². The molecule has 10 heteroatoms. The molecule has 35 heavy (non-hydrogen) atoms. The third kappa shape index (κ3) is 6.09. The second-order valence-electron chi connectivity index (χ2n) is 8.45. The van der Waals surface area contributed by atoms with Crippen LogP contribution in [0.4, 0.5) is 4.39 Å². The number of aliphatic hydroxyl groups is 1. The minimum atomic E-state index is -0.506. The maximum Gasteiger partial charge on any atom is 0.340 e. The number of carbonyl (C=O) groups excluding carboxylic acids is 1. The average Bonchev–Trinajstić information content (AvgIpc) is 3.20. The Morgan fingerprint density at radius 3 is 2.57 bits per heavy atom. The molecule has 0 amide bonds. The van der Waals surface area contributed by atoms with Gasteiger partial charge in [-0.25, -0.2) is 9.18 Å². The van der Waals surface area contributed by atoms with Crippen LogP contribution in [-0.4, -0.2) is 52.4 Å². The maximum atomic E-state index is 13.2. The second-order valence-corrected chi connectivity index (χ2v) is 9.31. The standard InChI is InChI=1S/C25H28BrFN2O5.ClH/c1-2-33-25(32)23-21(14-34-17-5-3-16(27)4-6-17)28-20-11-19(26)24(31)18(22(20)23)12-29-9-7-15(13-30)8-10-29;/h3-6,11,15,28,30-31H,2,7-10,12-14H2,1H3;1H. The van der Waals surface area contributed by atoms with Crippen LogP contribution in [-0.2, 0) is 17.9 Å². The number of phenolic OH excluding ortho intramolecular Hbond substituents is 1. The van der Waals surface area contributed by atoms with Crippen LogP contribution in [0.25, 0.3) is 10.9 Å². The molecule has 0 radical (unpaired) electrons. The molecule has 2 heterocycles. The quantitative estimate of drug-likeness (QED) is 0.324. The van der Waals surface area contributed by atoms with Crippen LogP contribution >= 0.6 is 28.3 Å². The molecule has 0 bridgehead atoms. The first-order valence-electron chi connectivity index (χ1n) is 11.3. The monoisotopic (exact) mass is 570 g/mol. The van der Waals surface area contributed by atoms with Gasteiger partial charge >= 0.3 is 5.97 Å². The molecule has 0 spiro atoms. The van der Waals surface area contributed by atoms with Crippen molar-refractivity contribution in [3.63, 3.8) is 0 Å². The van der Waals surface area contributed by atoms with Crippen LogP contribution in [0.5, 0.6) is 11.5 Å². The van der Waals surface area contributed by atoms with Gasteiger partial charge in [-0.15, -0.1) is 12.4 Å². The van der Waals surface area contributed by atoms with Crippen molar-refractivity contribution in [3.05, 3.63) is 57.4 Å². The number of likely N-dealkylation sites (tertiary alicyclic amines) is 1. The van der Waals surface area contributed by atoms with E-state index >= 15 is 0 Å². The molecule has 4 rings (SSSR count). The number of fused-ring (bicyclic) bond motifs is 1. The van der Waals surface area contributed by atoms with Crippen LogP contribution in [0.3, 0.4) is 0 Å². The molecule has 7 nitrogen and oxygen atoms in total. The predicted octanol–water partition coefficient (Wildman–Crippen LogP) is 5.16. The molecule has 190 valence electrons. The summed E-state index contributed by atoms with van der Waals surface area (Å²) in [5, 5.41) is 21.0. The summed E-state index contributed by atoms with van der Waals surface area (Å²) >= 11 is 3.43. The summed E-state index contributed by atoms with van der Waals surface area (Å²) in [6, 6.07) is 7.38. The Kier molecular flexibility index (Phi) is 9.40. The molecule has 1 aliphatic heterocycles. The number of piperidine rings is 1. The lowest BCUT2D eigenvalue weighted by molar-refractivity contribution is 0.0525. The zero-order valence-electron chi connectivity index (χ0n) is 19.4. The van der Waals surface area contributed by atoms with E-state index in [1.807, 2.05) is 0 Å². The van der Waals surface area contributed by atoms with E-state index in [9.17, 15) is 19.4 Å². The van der Waals surface area contributed by atoms with Crippen molar-refractivity contribution in [3.8, 4) is 11.5 Å². The Hall–Kier alpha value is -2.33. The lowest BCUT2D eigenvalue weighted by Gasteiger charge is -2.31. The highest BCUT2D eigenvalue weighted by atomic mass is 79.9. The summed E-state index contributed by atoms with van der Waals surface area (Å²) in [7, 11) is 0. The van der Waals surface area contributed by atoms with E-state index in [2.05, 4.69) is 25.8 Å². The van der Waals surface area contributed by atoms with Crippen molar-refractivity contribution in [1.82, 2.24) is 9.88 Å². The number of phenols is 1. The van der Waals surface area contributed by atoms with Crippen LogP contribution in [0.2, 0.25) is 0 Å². The summed E-state index contributed by atoms with van der Waals surface area (Å²) in [5.74, 6) is -0.0327. The van der Waals surface area contributed by atoms with Crippen molar-refractivity contribution >= 4 is 45.2 Å². The van der Waals surface area contributed by atoms with Gasteiger partial charge in [-0.05, 0) is 85.0 Å². The number of aromatic amines is 1. The maximum absolute atomic E-state index is 13.2. The van der Waals surface area contributed by atoms with Gasteiger partial charge in [0.1, 0.15) is 23.9 Å². The molecule has 1 fully saturated rings. The number of nitrogens with one attached hydrogen (secondary N) is 1. The zero-order chi connectivity index (χ0) is 24.2. The number of aromatic hydroxyl groups is 1. The van der Waals surface area contributed by atoms with Gasteiger partial charge in [-0.3, -0.25) is 4.90 Å². The normalized spacial score (nSPS) is 14.6. The molecule has 0 saturated carbocycles. The van der Waals surface area contributed by atoms with E-state index in [1.54, 1.807) is 13.0 Å². The van der Waals surface area contributed by atoms with Gasteiger partial charge in [0.05, 0.1) is 22.3 Å². The Balaban J connectivity index is 0.00000342. The fourth-order valence-electron chi connectivity index (χ4n) is 4.38. The number of ether oxygens (including phenoxy) is 2. The van der Waals surface area contributed by atoms with E-state index in [-0.39, 0.29) is 43.8 Å². The first-order chi connectivity index (χ1) is 16.4. The minimum Gasteiger partial charge on any atom is -0.506 e.